The van der Waals surface area contributed by atoms with E-state index in [1.807, 2.05) is 24.3 Å². The first-order valence-electron chi connectivity index (χ1n) is 7.31. The lowest BCUT2D eigenvalue weighted by Gasteiger charge is -2.09. The van der Waals surface area contributed by atoms with Gasteiger partial charge in [-0.1, -0.05) is 15.9 Å². The summed E-state index contributed by atoms with van der Waals surface area (Å²) < 4.78 is 33.1. The molecule has 126 valence electrons. The molecule has 0 bridgehead atoms. The van der Waals surface area contributed by atoms with Crippen LogP contribution in [0.2, 0.25) is 0 Å². The van der Waals surface area contributed by atoms with Crippen molar-refractivity contribution in [2.45, 2.75) is 0 Å². The summed E-state index contributed by atoms with van der Waals surface area (Å²) in [5.41, 5.74) is 0.244. The van der Waals surface area contributed by atoms with Crippen LogP contribution in [0.25, 0.3) is 0 Å². The summed E-state index contributed by atoms with van der Waals surface area (Å²) in [5.74, 6) is -1.03. The number of halogens is 3. The van der Waals surface area contributed by atoms with Crippen molar-refractivity contribution in [3.05, 3.63) is 88.4 Å². The zero-order valence-electron chi connectivity index (χ0n) is 12.8. The summed E-state index contributed by atoms with van der Waals surface area (Å²) in [4.78, 5) is 12.0. The molecule has 3 aromatic carbocycles. The quantitative estimate of drug-likeness (QED) is 0.600. The number of hydrogen-bond donors (Lipinski definition) is 1. The van der Waals surface area contributed by atoms with Gasteiger partial charge in [0.2, 0.25) is 0 Å². The van der Waals surface area contributed by atoms with Crippen LogP contribution in [-0.2, 0) is 0 Å². The highest BCUT2D eigenvalue weighted by Gasteiger charge is 2.12. The molecule has 0 unspecified atom stereocenters. The van der Waals surface area contributed by atoms with E-state index in [1.54, 1.807) is 24.3 Å². The van der Waals surface area contributed by atoms with Crippen LogP contribution in [-0.4, -0.2) is 5.91 Å². The molecule has 0 aliphatic rings. The van der Waals surface area contributed by atoms with Crippen molar-refractivity contribution in [2.24, 2.45) is 0 Å². The first kappa shape index (κ1) is 17.1. The van der Waals surface area contributed by atoms with Gasteiger partial charge in [-0.05, 0) is 60.7 Å². The number of carbonyl (C=O) groups is 1. The molecule has 0 saturated heterocycles. The highest BCUT2D eigenvalue weighted by Crippen LogP contribution is 2.24. The Bertz CT molecular complexity index is 896. The highest BCUT2D eigenvalue weighted by molar-refractivity contribution is 9.10. The van der Waals surface area contributed by atoms with Gasteiger partial charge in [0.05, 0.1) is 5.56 Å². The van der Waals surface area contributed by atoms with E-state index in [0.29, 0.717) is 23.3 Å². The predicted octanol–water partition coefficient (Wildman–Crippen LogP) is 5.77. The van der Waals surface area contributed by atoms with Crippen molar-refractivity contribution in [1.29, 1.82) is 0 Å². The van der Waals surface area contributed by atoms with Crippen LogP contribution in [0.15, 0.2) is 71.2 Å². The summed E-state index contributed by atoms with van der Waals surface area (Å²) in [6, 6.07) is 16.8. The van der Waals surface area contributed by atoms with Crippen molar-refractivity contribution in [3.63, 3.8) is 0 Å². The minimum absolute atomic E-state index is 0.225. The van der Waals surface area contributed by atoms with E-state index >= 15 is 0 Å². The molecule has 0 atom stereocenters. The third-order valence-corrected chi connectivity index (χ3v) is 3.87. The molecule has 3 nitrogen and oxygen atoms in total. The van der Waals surface area contributed by atoms with E-state index < -0.39 is 17.5 Å². The minimum Gasteiger partial charge on any atom is -0.457 e. The van der Waals surface area contributed by atoms with Crippen LogP contribution in [0.4, 0.5) is 14.5 Å². The van der Waals surface area contributed by atoms with E-state index in [-0.39, 0.29) is 5.56 Å². The fourth-order valence-electron chi connectivity index (χ4n) is 2.12. The van der Waals surface area contributed by atoms with Gasteiger partial charge >= 0.3 is 0 Å². The Morgan fingerprint density at radius 3 is 2.08 bits per heavy atom. The SMILES string of the molecule is O=C(Nc1ccc(Oc2ccc(Br)cc2)cc1)c1ccc(F)cc1F. The summed E-state index contributed by atoms with van der Waals surface area (Å²) in [6.45, 7) is 0. The molecule has 0 aromatic heterocycles. The molecule has 1 N–H and O–H groups in total. The van der Waals surface area contributed by atoms with Crippen LogP contribution in [0, 0.1) is 11.6 Å². The van der Waals surface area contributed by atoms with Crippen molar-refractivity contribution in [1.82, 2.24) is 0 Å². The van der Waals surface area contributed by atoms with Crippen LogP contribution in [0.1, 0.15) is 10.4 Å². The fraction of sp³-hybridized carbons (Fsp3) is 0. The molecule has 6 heteroatoms. The molecule has 3 rings (SSSR count). The van der Waals surface area contributed by atoms with Gasteiger partial charge in [-0.3, -0.25) is 4.79 Å². The minimum atomic E-state index is -0.910. The second kappa shape index (κ2) is 7.44. The Labute approximate surface area is 151 Å². The third kappa shape index (κ3) is 4.42. The molecule has 3 aromatic rings. The third-order valence-electron chi connectivity index (χ3n) is 3.34. The zero-order chi connectivity index (χ0) is 17.8. The van der Waals surface area contributed by atoms with Crippen molar-refractivity contribution < 1.29 is 18.3 Å². The Morgan fingerprint density at radius 2 is 1.48 bits per heavy atom. The normalized spacial score (nSPS) is 10.4. The monoisotopic (exact) mass is 403 g/mol. The largest absolute Gasteiger partial charge is 0.457 e. The van der Waals surface area contributed by atoms with E-state index in [0.717, 1.165) is 16.6 Å². The average molecular weight is 404 g/mol. The zero-order valence-corrected chi connectivity index (χ0v) is 14.4. The molecule has 0 fully saturated rings. The summed E-state index contributed by atoms with van der Waals surface area (Å²) in [7, 11) is 0. The van der Waals surface area contributed by atoms with Crippen LogP contribution in [0.3, 0.4) is 0 Å². The molecule has 0 radical (unpaired) electrons. The van der Waals surface area contributed by atoms with Crippen LogP contribution in [0.5, 0.6) is 11.5 Å². The first-order valence-corrected chi connectivity index (χ1v) is 8.10. The second-order valence-corrected chi connectivity index (χ2v) is 6.07. The second-order valence-electron chi connectivity index (χ2n) is 5.16. The molecule has 0 heterocycles. The lowest BCUT2D eigenvalue weighted by Crippen LogP contribution is -2.13. The Balaban J connectivity index is 1.67. The Morgan fingerprint density at radius 1 is 0.880 bits per heavy atom. The van der Waals surface area contributed by atoms with Gasteiger partial charge in [-0.2, -0.15) is 0 Å². The van der Waals surface area contributed by atoms with Crippen LogP contribution < -0.4 is 10.1 Å². The summed E-state index contributed by atoms with van der Waals surface area (Å²) in [5, 5.41) is 2.55. The topological polar surface area (TPSA) is 38.3 Å². The number of hydrogen-bond acceptors (Lipinski definition) is 2. The van der Waals surface area contributed by atoms with Gasteiger partial charge in [0.15, 0.2) is 0 Å². The van der Waals surface area contributed by atoms with Crippen LogP contribution >= 0.6 is 15.9 Å². The Kier molecular flexibility index (Phi) is 5.09. The van der Waals surface area contributed by atoms with E-state index in [2.05, 4.69) is 21.2 Å². The number of amides is 1. The molecule has 0 aliphatic heterocycles. The number of rotatable bonds is 4. The lowest BCUT2D eigenvalue weighted by molar-refractivity contribution is 0.102. The Hall–Kier alpha value is -2.73. The molecular weight excluding hydrogens is 392 g/mol. The number of anilines is 1. The van der Waals surface area contributed by atoms with Gasteiger partial charge in [-0.15, -0.1) is 0 Å². The fourth-order valence-corrected chi connectivity index (χ4v) is 2.38. The molecule has 25 heavy (non-hydrogen) atoms. The van der Waals surface area contributed by atoms with Crippen molar-refractivity contribution in [3.8, 4) is 11.5 Å². The predicted molar refractivity (Wildman–Crippen MR) is 95.0 cm³/mol. The van der Waals surface area contributed by atoms with E-state index in [9.17, 15) is 13.6 Å². The molecule has 0 spiro atoms. The number of ether oxygens (including phenoxy) is 1. The number of carbonyl (C=O) groups excluding carboxylic acids is 1. The van der Waals surface area contributed by atoms with E-state index in [4.69, 9.17) is 4.74 Å². The highest BCUT2D eigenvalue weighted by atomic mass is 79.9. The van der Waals surface area contributed by atoms with E-state index in [1.165, 1.54) is 0 Å². The molecule has 0 aliphatic carbocycles. The molecular formula is C19H12BrF2NO2. The molecule has 0 saturated carbocycles. The van der Waals surface area contributed by atoms with Gasteiger partial charge in [-0.25, -0.2) is 8.78 Å². The van der Waals surface area contributed by atoms with Gasteiger partial charge in [0.1, 0.15) is 23.1 Å². The standard InChI is InChI=1S/C19H12BrF2NO2/c20-12-1-6-15(7-2-12)25-16-8-4-14(5-9-16)23-19(24)17-10-3-13(21)11-18(17)22/h1-11H,(H,23,24). The maximum absolute atomic E-state index is 13.6. The summed E-state index contributed by atoms with van der Waals surface area (Å²) in [6.07, 6.45) is 0. The number of nitrogens with one attached hydrogen (secondary N) is 1. The number of benzene rings is 3. The van der Waals surface area contributed by atoms with Gasteiger partial charge in [0, 0.05) is 16.2 Å². The maximum atomic E-state index is 13.6. The average Bonchev–Trinajstić information content (AvgIpc) is 2.58. The smallest absolute Gasteiger partial charge is 0.258 e. The first-order chi connectivity index (χ1) is 12.0. The van der Waals surface area contributed by atoms with Gasteiger partial charge < -0.3 is 10.1 Å². The van der Waals surface area contributed by atoms with Crippen molar-refractivity contribution in [2.75, 3.05) is 5.32 Å². The van der Waals surface area contributed by atoms with Gasteiger partial charge in [0.25, 0.3) is 5.91 Å². The maximum Gasteiger partial charge on any atom is 0.258 e. The summed E-state index contributed by atoms with van der Waals surface area (Å²) >= 11 is 3.35. The lowest BCUT2D eigenvalue weighted by atomic mass is 10.2. The van der Waals surface area contributed by atoms with Crippen molar-refractivity contribution >= 4 is 27.5 Å². The molecule has 1 amide bonds.